The van der Waals surface area contributed by atoms with E-state index >= 15 is 0 Å². The maximum absolute atomic E-state index is 13.8. The molecule has 4 rings (SSSR count). The van der Waals surface area contributed by atoms with Crippen molar-refractivity contribution >= 4 is 45.0 Å². The highest BCUT2D eigenvalue weighted by atomic mass is 32.2. The largest absolute Gasteiger partial charge is 0.341 e. The third-order valence-corrected chi connectivity index (χ3v) is 8.21. The molecule has 2 amide bonds. The van der Waals surface area contributed by atoms with Gasteiger partial charge in [-0.1, -0.05) is 18.9 Å². The van der Waals surface area contributed by atoms with Crippen molar-refractivity contribution in [2.24, 2.45) is 0 Å². The number of rotatable bonds is 4. The molecule has 0 radical (unpaired) electrons. The molecular weight excluding hydrogens is 453 g/mol. The first kappa shape index (κ1) is 22.6. The lowest BCUT2D eigenvalue weighted by atomic mass is 10.2. The topological polar surface area (TPSA) is 95.6 Å². The predicted molar refractivity (Wildman–Crippen MR) is 122 cm³/mol. The maximum Gasteiger partial charge on any atom is 0.261 e. The lowest BCUT2D eigenvalue weighted by Gasteiger charge is -2.28. The van der Waals surface area contributed by atoms with Gasteiger partial charge in [0, 0.05) is 18.0 Å². The average Bonchev–Trinajstić information content (AvgIpc) is 3.04. The number of anilines is 2. The zero-order valence-electron chi connectivity index (χ0n) is 17.6. The number of fused-ring (bicyclic) bond motifs is 1. The first-order valence-corrected chi connectivity index (χ1v) is 12.8. The van der Waals surface area contributed by atoms with Gasteiger partial charge in [0.15, 0.2) is 5.25 Å². The van der Waals surface area contributed by atoms with Crippen LogP contribution in [0.3, 0.4) is 0 Å². The summed E-state index contributed by atoms with van der Waals surface area (Å²) in [5, 5.41) is 1.79. The van der Waals surface area contributed by atoms with Crippen molar-refractivity contribution in [3.8, 4) is 0 Å². The van der Waals surface area contributed by atoms with Crippen molar-refractivity contribution in [1.82, 2.24) is 4.90 Å². The quantitative estimate of drug-likeness (QED) is 0.654. The molecule has 2 N–H and O–H groups in total. The van der Waals surface area contributed by atoms with E-state index in [9.17, 15) is 22.4 Å². The van der Waals surface area contributed by atoms with Gasteiger partial charge in [0.2, 0.25) is 11.8 Å². The Balaban J connectivity index is 1.53. The summed E-state index contributed by atoms with van der Waals surface area (Å²) in [6, 6.07) is 8.40. The lowest BCUT2D eigenvalue weighted by Crippen LogP contribution is -2.45. The lowest BCUT2D eigenvalue weighted by molar-refractivity contribution is -0.133. The van der Waals surface area contributed by atoms with Crippen LogP contribution in [0, 0.1) is 12.7 Å². The first-order valence-electron chi connectivity index (χ1n) is 10.4. The number of sulfonamides is 1. The van der Waals surface area contributed by atoms with Gasteiger partial charge in [-0.2, -0.15) is 0 Å². The van der Waals surface area contributed by atoms with Crippen LogP contribution in [0.25, 0.3) is 0 Å². The fraction of sp³-hybridized carbons (Fsp3) is 0.364. The van der Waals surface area contributed by atoms with E-state index in [0.717, 1.165) is 43.5 Å². The Labute approximate surface area is 190 Å². The van der Waals surface area contributed by atoms with E-state index in [-0.39, 0.29) is 16.5 Å². The minimum absolute atomic E-state index is 0.0737. The van der Waals surface area contributed by atoms with E-state index in [1.54, 1.807) is 17.9 Å². The molecule has 0 aromatic heterocycles. The molecule has 170 valence electrons. The molecule has 32 heavy (non-hydrogen) atoms. The van der Waals surface area contributed by atoms with E-state index in [4.69, 9.17) is 0 Å². The molecule has 0 spiro atoms. The molecule has 7 nitrogen and oxygen atoms in total. The summed E-state index contributed by atoms with van der Waals surface area (Å²) in [7, 11) is -4.00. The minimum Gasteiger partial charge on any atom is -0.341 e. The molecule has 1 saturated heterocycles. The third kappa shape index (κ3) is 4.75. The van der Waals surface area contributed by atoms with Gasteiger partial charge < -0.3 is 10.2 Å². The summed E-state index contributed by atoms with van der Waals surface area (Å²) in [5.41, 5.74) is 0.843. The van der Waals surface area contributed by atoms with Crippen LogP contribution in [0.5, 0.6) is 0 Å². The molecule has 0 unspecified atom stereocenters. The number of carbonyl (C=O) groups excluding carboxylic acids is 2. The Morgan fingerprint density at radius 2 is 1.84 bits per heavy atom. The van der Waals surface area contributed by atoms with Crippen LogP contribution in [0.15, 0.2) is 46.2 Å². The van der Waals surface area contributed by atoms with Crippen molar-refractivity contribution in [3.05, 3.63) is 47.8 Å². The fourth-order valence-corrected chi connectivity index (χ4v) is 5.87. The second-order valence-electron chi connectivity index (χ2n) is 7.95. The molecule has 0 aliphatic carbocycles. The van der Waals surface area contributed by atoms with Crippen LogP contribution >= 0.6 is 11.8 Å². The van der Waals surface area contributed by atoms with Crippen LogP contribution in [0.4, 0.5) is 15.8 Å². The Hall–Kier alpha value is -2.59. The molecule has 2 heterocycles. The number of benzene rings is 2. The fourth-order valence-electron chi connectivity index (χ4n) is 3.75. The highest BCUT2D eigenvalue weighted by molar-refractivity contribution is 8.01. The number of hydrogen-bond acceptors (Lipinski definition) is 5. The Kier molecular flexibility index (Phi) is 6.43. The Morgan fingerprint density at radius 3 is 2.53 bits per heavy atom. The zero-order chi connectivity index (χ0) is 22.9. The second-order valence-corrected chi connectivity index (χ2v) is 10.8. The highest BCUT2D eigenvalue weighted by Gasteiger charge is 2.36. The van der Waals surface area contributed by atoms with Crippen LogP contribution < -0.4 is 10.0 Å². The van der Waals surface area contributed by atoms with Crippen molar-refractivity contribution < 1.29 is 22.4 Å². The first-order chi connectivity index (χ1) is 15.2. The normalized spacial score (nSPS) is 19.0. The summed E-state index contributed by atoms with van der Waals surface area (Å²) in [4.78, 5) is 27.9. The zero-order valence-corrected chi connectivity index (χ0v) is 19.2. The molecule has 0 saturated carbocycles. The van der Waals surface area contributed by atoms with Crippen LogP contribution in [0.1, 0.15) is 31.2 Å². The summed E-state index contributed by atoms with van der Waals surface area (Å²) in [5.74, 6) is -1.18. The summed E-state index contributed by atoms with van der Waals surface area (Å²) < 4.78 is 41.6. The summed E-state index contributed by atoms with van der Waals surface area (Å²) in [6.45, 7) is 2.89. The SMILES string of the molecule is Cc1ccc(NS(=O)(=O)c2ccc3c(c2)NC(=O)[C@H](C(=O)N2CCCCCC2)S3)cc1F. The summed E-state index contributed by atoms with van der Waals surface area (Å²) >= 11 is 1.13. The molecule has 2 aromatic rings. The van der Waals surface area contributed by atoms with Gasteiger partial charge in [-0.05, 0) is 55.7 Å². The van der Waals surface area contributed by atoms with Gasteiger partial charge in [0.1, 0.15) is 5.82 Å². The summed E-state index contributed by atoms with van der Waals surface area (Å²) in [6.07, 6.45) is 4.02. The van der Waals surface area contributed by atoms with Crippen LogP contribution in [0.2, 0.25) is 0 Å². The van der Waals surface area contributed by atoms with Crippen LogP contribution in [-0.2, 0) is 19.6 Å². The van der Waals surface area contributed by atoms with Gasteiger partial charge in [0.05, 0.1) is 16.3 Å². The van der Waals surface area contributed by atoms with Gasteiger partial charge in [0.25, 0.3) is 10.0 Å². The number of likely N-dealkylation sites (tertiary alicyclic amines) is 1. The smallest absolute Gasteiger partial charge is 0.261 e. The highest BCUT2D eigenvalue weighted by Crippen LogP contribution is 2.38. The van der Waals surface area contributed by atoms with Gasteiger partial charge in [-0.25, -0.2) is 12.8 Å². The number of hydrogen-bond donors (Lipinski definition) is 2. The molecule has 1 fully saturated rings. The van der Waals surface area contributed by atoms with Crippen LogP contribution in [-0.4, -0.2) is 43.5 Å². The monoisotopic (exact) mass is 477 g/mol. The molecule has 10 heteroatoms. The Bertz CT molecular complexity index is 1160. The van der Waals surface area contributed by atoms with Gasteiger partial charge in [-0.15, -0.1) is 11.8 Å². The number of amides is 2. The van der Waals surface area contributed by atoms with Crippen molar-refractivity contribution in [1.29, 1.82) is 0 Å². The standard InChI is InChI=1S/C22H24FN3O4S2/c1-14-6-7-15(12-17(14)23)25-32(29,30)16-8-9-19-18(13-16)24-21(27)20(31-19)22(28)26-10-4-2-3-5-11-26/h6-9,12-13,20,25H,2-5,10-11H2,1H3,(H,24,27)/t20-/m1/s1. The maximum atomic E-state index is 13.8. The van der Waals surface area contributed by atoms with E-state index in [1.807, 2.05) is 0 Å². The van der Waals surface area contributed by atoms with Gasteiger partial charge in [-0.3, -0.25) is 14.3 Å². The molecule has 2 aromatic carbocycles. The molecule has 2 aliphatic heterocycles. The van der Waals surface area contributed by atoms with E-state index in [2.05, 4.69) is 10.0 Å². The molecular formula is C22H24FN3O4S2. The van der Waals surface area contributed by atoms with E-state index in [1.165, 1.54) is 24.3 Å². The number of aryl methyl sites for hydroxylation is 1. The minimum atomic E-state index is -4.00. The Morgan fingerprint density at radius 1 is 1.12 bits per heavy atom. The number of thioether (sulfide) groups is 1. The third-order valence-electron chi connectivity index (χ3n) is 5.57. The molecule has 1 atom stereocenters. The molecule has 0 bridgehead atoms. The van der Waals surface area contributed by atoms with Crippen molar-refractivity contribution in [2.75, 3.05) is 23.1 Å². The van der Waals surface area contributed by atoms with Gasteiger partial charge >= 0.3 is 0 Å². The molecule has 2 aliphatic rings. The van der Waals surface area contributed by atoms with E-state index in [0.29, 0.717) is 29.2 Å². The van der Waals surface area contributed by atoms with E-state index < -0.39 is 27.0 Å². The van der Waals surface area contributed by atoms with Crippen molar-refractivity contribution in [3.63, 3.8) is 0 Å². The number of nitrogens with one attached hydrogen (secondary N) is 2. The van der Waals surface area contributed by atoms with Crippen molar-refractivity contribution in [2.45, 2.75) is 47.6 Å². The average molecular weight is 478 g/mol. The number of nitrogens with zero attached hydrogens (tertiary/aromatic N) is 1. The number of carbonyl (C=O) groups is 2. The number of halogens is 1. The second kappa shape index (κ2) is 9.11. The predicted octanol–water partition coefficient (Wildman–Crippen LogP) is 3.75.